The molecule has 0 saturated heterocycles. The lowest BCUT2D eigenvalue weighted by Gasteiger charge is -2.10. The number of ether oxygens (including phenoxy) is 1. The van der Waals surface area contributed by atoms with E-state index in [9.17, 15) is 9.59 Å². The highest BCUT2D eigenvalue weighted by Crippen LogP contribution is 2.17. The van der Waals surface area contributed by atoms with Crippen molar-refractivity contribution in [3.63, 3.8) is 0 Å². The first-order valence-corrected chi connectivity index (χ1v) is 10.4. The van der Waals surface area contributed by atoms with Gasteiger partial charge in [-0.1, -0.05) is 35.5 Å². The number of carbonyl (C=O) groups is 2. The van der Waals surface area contributed by atoms with Gasteiger partial charge < -0.3 is 10.1 Å². The Morgan fingerprint density at radius 3 is 2.62 bits per heavy atom. The number of esters is 1. The molecule has 0 atom stereocenters. The average molecular weight is 434 g/mol. The lowest BCUT2D eigenvalue weighted by atomic mass is 10.1. The van der Waals surface area contributed by atoms with Gasteiger partial charge in [-0.05, 0) is 37.8 Å². The Kier molecular flexibility index (Phi) is 6.71. The number of hydrogen-bond acceptors (Lipinski definition) is 7. The minimum atomic E-state index is -0.510. The first-order valence-electron chi connectivity index (χ1n) is 8.81. The summed E-state index contributed by atoms with van der Waals surface area (Å²) in [7, 11) is 0. The molecule has 0 bridgehead atoms. The molecule has 0 saturated carbocycles. The van der Waals surface area contributed by atoms with Crippen molar-refractivity contribution in [3.8, 4) is 0 Å². The number of aromatic nitrogens is 4. The molecule has 1 N–H and O–H groups in total. The third-order valence-corrected chi connectivity index (χ3v) is 5.09. The van der Waals surface area contributed by atoms with Crippen LogP contribution in [0, 0.1) is 13.8 Å². The highest BCUT2D eigenvalue weighted by atomic mass is 35.5. The van der Waals surface area contributed by atoms with E-state index in [-0.39, 0.29) is 18.9 Å². The van der Waals surface area contributed by atoms with E-state index in [1.807, 2.05) is 32.2 Å². The van der Waals surface area contributed by atoms with Crippen molar-refractivity contribution in [1.29, 1.82) is 0 Å². The van der Waals surface area contributed by atoms with Gasteiger partial charge >= 0.3 is 5.97 Å². The standard InChI is InChI=1S/C19H20ClN5O3S/c1-11-15(12(2)25-18(22-11)23-19(24-25)29-3)8-17(27)28-10-16(26)21-9-13-4-6-14(20)7-5-13/h4-7H,8-10H2,1-3H3,(H,21,26). The van der Waals surface area contributed by atoms with Gasteiger partial charge in [0.1, 0.15) is 0 Å². The van der Waals surface area contributed by atoms with Crippen LogP contribution >= 0.6 is 23.4 Å². The summed E-state index contributed by atoms with van der Waals surface area (Å²) in [5, 5.41) is 8.29. The lowest BCUT2D eigenvalue weighted by molar-refractivity contribution is -0.147. The fraction of sp³-hybridized carbons (Fsp3) is 0.316. The Bertz CT molecular complexity index is 1050. The number of carbonyl (C=O) groups excluding carboxylic acids is 2. The Morgan fingerprint density at radius 1 is 1.21 bits per heavy atom. The van der Waals surface area contributed by atoms with Crippen LogP contribution < -0.4 is 5.32 Å². The minimum absolute atomic E-state index is 0.000464. The van der Waals surface area contributed by atoms with Crippen molar-refractivity contribution in [2.24, 2.45) is 0 Å². The van der Waals surface area contributed by atoms with Crippen LogP contribution in [0.1, 0.15) is 22.5 Å². The second-order valence-corrected chi connectivity index (χ2v) is 7.52. The lowest BCUT2D eigenvalue weighted by Crippen LogP contribution is -2.28. The van der Waals surface area contributed by atoms with Gasteiger partial charge in [0.15, 0.2) is 6.61 Å². The molecule has 8 nitrogen and oxygen atoms in total. The van der Waals surface area contributed by atoms with Crippen LogP contribution in [-0.2, 0) is 27.3 Å². The third-order valence-electron chi connectivity index (χ3n) is 4.30. The van der Waals surface area contributed by atoms with Crippen LogP contribution in [0.4, 0.5) is 0 Å². The second-order valence-electron chi connectivity index (χ2n) is 6.31. The van der Waals surface area contributed by atoms with Crippen LogP contribution in [0.3, 0.4) is 0 Å². The van der Waals surface area contributed by atoms with E-state index < -0.39 is 5.97 Å². The van der Waals surface area contributed by atoms with Crippen molar-refractivity contribution in [1.82, 2.24) is 24.9 Å². The quantitative estimate of drug-likeness (QED) is 0.451. The summed E-state index contributed by atoms with van der Waals surface area (Å²) in [5.41, 5.74) is 3.06. The molecule has 0 unspecified atom stereocenters. The molecule has 3 rings (SSSR count). The number of amides is 1. The second kappa shape index (κ2) is 9.23. The number of nitrogens with zero attached hydrogens (tertiary/aromatic N) is 4. The number of halogens is 1. The molecule has 0 spiro atoms. The predicted molar refractivity (Wildman–Crippen MR) is 110 cm³/mol. The zero-order valence-electron chi connectivity index (χ0n) is 16.2. The highest BCUT2D eigenvalue weighted by molar-refractivity contribution is 7.98. The number of rotatable bonds is 7. The number of benzene rings is 1. The molecule has 29 heavy (non-hydrogen) atoms. The number of thioether (sulfide) groups is 1. The SMILES string of the molecule is CSc1nc2nc(C)c(CC(=O)OCC(=O)NCc3ccc(Cl)cc3)c(C)n2n1. The molecule has 2 aromatic heterocycles. The average Bonchev–Trinajstić information content (AvgIpc) is 3.12. The molecule has 0 aliphatic heterocycles. The molecule has 1 aromatic carbocycles. The van der Waals surface area contributed by atoms with E-state index in [1.165, 1.54) is 11.8 Å². The van der Waals surface area contributed by atoms with Gasteiger partial charge in [-0.15, -0.1) is 5.10 Å². The normalized spacial score (nSPS) is 10.9. The maximum Gasteiger partial charge on any atom is 0.310 e. The summed E-state index contributed by atoms with van der Waals surface area (Å²) in [6, 6.07) is 7.12. The molecule has 0 fully saturated rings. The first-order chi connectivity index (χ1) is 13.9. The van der Waals surface area contributed by atoms with Crippen molar-refractivity contribution in [2.45, 2.75) is 32.0 Å². The molecule has 3 aromatic rings. The van der Waals surface area contributed by atoms with Crippen LogP contribution in [0.5, 0.6) is 0 Å². The van der Waals surface area contributed by atoms with Crippen LogP contribution in [0.25, 0.3) is 5.78 Å². The molecule has 152 valence electrons. The monoisotopic (exact) mass is 433 g/mol. The molecule has 2 heterocycles. The first kappa shape index (κ1) is 21.1. The van der Waals surface area contributed by atoms with E-state index in [0.717, 1.165) is 11.3 Å². The number of fused-ring (bicyclic) bond motifs is 1. The van der Waals surface area contributed by atoms with Crippen LogP contribution in [-0.4, -0.2) is 44.3 Å². The molecule has 10 heteroatoms. The van der Waals surface area contributed by atoms with Gasteiger partial charge in [-0.3, -0.25) is 9.59 Å². The smallest absolute Gasteiger partial charge is 0.310 e. The molecule has 0 aliphatic carbocycles. The Labute approximate surface area is 177 Å². The zero-order chi connectivity index (χ0) is 21.0. The van der Waals surface area contributed by atoms with E-state index >= 15 is 0 Å². The largest absolute Gasteiger partial charge is 0.455 e. The van der Waals surface area contributed by atoms with Crippen molar-refractivity contribution in [3.05, 3.63) is 51.8 Å². The Balaban J connectivity index is 1.56. The van der Waals surface area contributed by atoms with E-state index in [0.29, 0.717) is 33.8 Å². The van der Waals surface area contributed by atoms with Gasteiger partial charge in [-0.25, -0.2) is 9.50 Å². The maximum atomic E-state index is 12.2. The number of hydrogen-bond donors (Lipinski definition) is 1. The zero-order valence-corrected chi connectivity index (χ0v) is 17.8. The Hall–Kier alpha value is -2.65. The Morgan fingerprint density at radius 2 is 1.93 bits per heavy atom. The maximum absolute atomic E-state index is 12.2. The van der Waals surface area contributed by atoms with E-state index in [2.05, 4.69) is 20.4 Å². The molecule has 1 amide bonds. The van der Waals surface area contributed by atoms with Gasteiger partial charge in [0.2, 0.25) is 5.16 Å². The highest BCUT2D eigenvalue weighted by Gasteiger charge is 2.17. The summed E-state index contributed by atoms with van der Waals surface area (Å²) >= 11 is 7.25. The summed E-state index contributed by atoms with van der Waals surface area (Å²) in [4.78, 5) is 32.9. The summed E-state index contributed by atoms with van der Waals surface area (Å²) in [6.45, 7) is 3.64. The topological polar surface area (TPSA) is 98.5 Å². The van der Waals surface area contributed by atoms with Gasteiger partial charge in [0, 0.05) is 28.5 Å². The third kappa shape index (κ3) is 5.24. The summed E-state index contributed by atoms with van der Waals surface area (Å²) < 4.78 is 6.73. The van der Waals surface area contributed by atoms with Gasteiger partial charge in [0.25, 0.3) is 11.7 Å². The minimum Gasteiger partial charge on any atom is -0.455 e. The molecule has 0 aliphatic rings. The fourth-order valence-electron chi connectivity index (χ4n) is 2.73. The molecule has 0 radical (unpaired) electrons. The van der Waals surface area contributed by atoms with E-state index in [1.54, 1.807) is 16.6 Å². The fourth-order valence-corrected chi connectivity index (χ4v) is 3.19. The predicted octanol–water partition coefficient (Wildman–Crippen LogP) is 2.52. The molecular weight excluding hydrogens is 414 g/mol. The van der Waals surface area contributed by atoms with Gasteiger partial charge in [0.05, 0.1) is 6.42 Å². The van der Waals surface area contributed by atoms with Crippen molar-refractivity contribution < 1.29 is 14.3 Å². The number of aryl methyl sites for hydroxylation is 2. The van der Waals surface area contributed by atoms with Crippen LogP contribution in [0.15, 0.2) is 29.4 Å². The summed E-state index contributed by atoms with van der Waals surface area (Å²) in [5.74, 6) is -0.400. The number of nitrogens with one attached hydrogen (secondary N) is 1. The molecular formula is C19H20ClN5O3S. The van der Waals surface area contributed by atoms with Crippen molar-refractivity contribution in [2.75, 3.05) is 12.9 Å². The van der Waals surface area contributed by atoms with Crippen molar-refractivity contribution >= 4 is 41.0 Å². The van der Waals surface area contributed by atoms with Gasteiger partial charge in [-0.2, -0.15) is 4.98 Å². The van der Waals surface area contributed by atoms with Crippen LogP contribution in [0.2, 0.25) is 5.02 Å². The summed E-state index contributed by atoms with van der Waals surface area (Å²) in [6.07, 6.45) is 1.88. The van der Waals surface area contributed by atoms with E-state index in [4.69, 9.17) is 16.3 Å².